The van der Waals surface area contributed by atoms with Crippen LogP contribution in [0.2, 0.25) is 0 Å². The van der Waals surface area contributed by atoms with Gasteiger partial charge in [0.25, 0.3) is 0 Å². The van der Waals surface area contributed by atoms with Crippen molar-refractivity contribution in [1.82, 2.24) is 0 Å². The van der Waals surface area contributed by atoms with Gasteiger partial charge in [-0.25, -0.2) is 9.59 Å². The monoisotopic (exact) mass is 420 g/mol. The van der Waals surface area contributed by atoms with Crippen LogP contribution < -0.4 is 9.47 Å². The summed E-state index contributed by atoms with van der Waals surface area (Å²) in [6, 6.07) is 13.1. The third kappa shape index (κ3) is 5.40. The molecule has 1 unspecified atom stereocenters. The molecule has 0 amide bonds. The summed E-state index contributed by atoms with van der Waals surface area (Å²) in [6.07, 6.45) is -0.980. The average molecular weight is 421 g/mol. The molecule has 154 valence electrons. The number of carbonyl (C=O) groups is 2. The van der Waals surface area contributed by atoms with Gasteiger partial charge in [0.05, 0.1) is 25.3 Å². The van der Waals surface area contributed by atoms with E-state index in [-0.39, 0.29) is 6.61 Å². The molecule has 0 radical (unpaired) electrons. The topological polar surface area (TPSA) is 80.3 Å². The van der Waals surface area contributed by atoms with E-state index in [1.54, 1.807) is 62.8 Å². The molecule has 0 spiro atoms. The van der Waals surface area contributed by atoms with Crippen LogP contribution >= 0.6 is 11.6 Å². The lowest BCUT2D eigenvalue weighted by Gasteiger charge is -2.19. The molecule has 0 saturated carbocycles. The molecule has 1 fully saturated rings. The number of hydrogen-bond acceptors (Lipinski definition) is 7. The maximum absolute atomic E-state index is 12.4. The quantitative estimate of drug-likeness (QED) is 0.501. The average Bonchev–Trinajstić information content (AvgIpc) is 3.10. The van der Waals surface area contributed by atoms with E-state index in [0.717, 1.165) is 0 Å². The first-order valence-corrected chi connectivity index (χ1v) is 9.39. The number of rotatable bonds is 7. The standard InChI is InChI=1S/C21H21ClO7/c1-25-15-7-3-13(4-8-15)20(23)27-12-18-17(11-19(22)28-18)29-21(24)14-5-9-16(26-2)10-6-14/h3-10,17-19H,11-12H2,1-2H3/t17-,18+,19?/m0/s1. The van der Waals surface area contributed by atoms with Gasteiger partial charge in [-0.1, -0.05) is 11.6 Å². The fourth-order valence-electron chi connectivity index (χ4n) is 2.84. The fraction of sp³-hybridized carbons (Fsp3) is 0.333. The third-order valence-corrected chi connectivity index (χ3v) is 4.72. The van der Waals surface area contributed by atoms with Crippen LogP contribution in [0.3, 0.4) is 0 Å². The van der Waals surface area contributed by atoms with Gasteiger partial charge in [0.2, 0.25) is 0 Å². The number of hydrogen-bond donors (Lipinski definition) is 0. The lowest BCUT2D eigenvalue weighted by molar-refractivity contribution is -0.0322. The second-order valence-electron chi connectivity index (χ2n) is 6.32. The molecular weight excluding hydrogens is 400 g/mol. The second-order valence-corrected chi connectivity index (χ2v) is 6.81. The minimum atomic E-state index is -0.651. The Bertz CT molecular complexity index is 835. The van der Waals surface area contributed by atoms with Crippen molar-refractivity contribution in [3.63, 3.8) is 0 Å². The molecule has 0 aliphatic carbocycles. The molecule has 0 N–H and O–H groups in total. The summed E-state index contributed by atoms with van der Waals surface area (Å²) >= 11 is 6.05. The molecule has 29 heavy (non-hydrogen) atoms. The van der Waals surface area contributed by atoms with Crippen LogP contribution in [-0.2, 0) is 14.2 Å². The summed E-state index contributed by atoms with van der Waals surface area (Å²) in [6.45, 7) is -0.0886. The van der Waals surface area contributed by atoms with Gasteiger partial charge in [0.15, 0.2) is 0 Å². The first-order valence-electron chi connectivity index (χ1n) is 8.96. The van der Waals surface area contributed by atoms with Crippen LogP contribution in [0, 0.1) is 0 Å². The highest BCUT2D eigenvalue weighted by Crippen LogP contribution is 2.27. The molecule has 2 aromatic carbocycles. The minimum Gasteiger partial charge on any atom is -0.497 e. The molecule has 1 aliphatic heterocycles. The summed E-state index contributed by atoms with van der Waals surface area (Å²) in [5.41, 5.74) is 0.115. The van der Waals surface area contributed by atoms with E-state index in [1.807, 2.05) is 0 Å². The zero-order valence-corrected chi connectivity index (χ0v) is 16.8. The molecule has 7 nitrogen and oxygen atoms in total. The Morgan fingerprint density at radius 1 is 0.931 bits per heavy atom. The number of ether oxygens (including phenoxy) is 5. The molecular formula is C21H21ClO7. The van der Waals surface area contributed by atoms with Gasteiger partial charge < -0.3 is 23.7 Å². The Morgan fingerprint density at radius 2 is 1.45 bits per heavy atom. The molecule has 0 bridgehead atoms. The number of alkyl halides is 1. The van der Waals surface area contributed by atoms with Gasteiger partial charge in [-0.15, -0.1) is 0 Å². The molecule has 1 aliphatic rings. The Labute approximate surface area is 173 Å². The first-order chi connectivity index (χ1) is 14.0. The van der Waals surface area contributed by atoms with Gasteiger partial charge in [-0.05, 0) is 48.5 Å². The molecule has 3 atom stereocenters. The van der Waals surface area contributed by atoms with E-state index in [9.17, 15) is 9.59 Å². The Morgan fingerprint density at radius 3 is 1.97 bits per heavy atom. The predicted octanol–water partition coefficient (Wildman–Crippen LogP) is 3.44. The van der Waals surface area contributed by atoms with Gasteiger partial charge in [0.1, 0.15) is 35.9 Å². The van der Waals surface area contributed by atoms with E-state index in [0.29, 0.717) is 29.0 Å². The SMILES string of the molecule is COc1ccc(C(=O)OC[C@H]2OC(Cl)C[C@@H]2OC(=O)c2ccc(OC)cc2)cc1. The summed E-state index contributed by atoms with van der Waals surface area (Å²) in [7, 11) is 3.09. The second kappa shape index (κ2) is 9.62. The highest BCUT2D eigenvalue weighted by atomic mass is 35.5. The van der Waals surface area contributed by atoms with Crippen LogP contribution in [0.25, 0.3) is 0 Å². The normalized spacial score (nSPS) is 20.7. The maximum Gasteiger partial charge on any atom is 0.338 e. The van der Waals surface area contributed by atoms with Crippen LogP contribution in [0.5, 0.6) is 11.5 Å². The van der Waals surface area contributed by atoms with Crippen molar-refractivity contribution in [2.75, 3.05) is 20.8 Å². The zero-order valence-electron chi connectivity index (χ0n) is 16.0. The van der Waals surface area contributed by atoms with Crippen LogP contribution in [0.4, 0.5) is 0 Å². The van der Waals surface area contributed by atoms with Crippen LogP contribution in [-0.4, -0.2) is 50.5 Å². The number of carbonyl (C=O) groups excluding carboxylic acids is 2. The zero-order chi connectivity index (χ0) is 20.8. The van der Waals surface area contributed by atoms with E-state index < -0.39 is 29.7 Å². The van der Waals surface area contributed by atoms with Crippen LogP contribution in [0.15, 0.2) is 48.5 Å². The summed E-state index contributed by atoms with van der Waals surface area (Å²) in [5.74, 6) is 0.235. The van der Waals surface area contributed by atoms with Crippen molar-refractivity contribution in [2.24, 2.45) is 0 Å². The first kappa shape index (κ1) is 21.0. The van der Waals surface area contributed by atoms with Crippen molar-refractivity contribution in [3.05, 3.63) is 59.7 Å². The summed E-state index contributed by atoms with van der Waals surface area (Å²) in [5, 5.41) is 0. The lowest BCUT2D eigenvalue weighted by Crippen LogP contribution is -2.32. The Balaban J connectivity index is 1.57. The van der Waals surface area contributed by atoms with Gasteiger partial charge in [-0.3, -0.25) is 0 Å². The largest absolute Gasteiger partial charge is 0.497 e. The number of halogens is 1. The van der Waals surface area contributed by atoms with Crippen molar-refractivity contribution in [2.45, 2.75) is 24.2 Å². The Kier molecular flexibility index (Phi) is 6.95. The Hall–Kier alpha value is -2.77. The van der Waals surface area contributed by atoms with Crippen LogP contribution in [0.1, 0.15) is 27.1 Å². The van der Waals surface area contributed by atoms with E-state index in [4.69, 9.17) is 35.3 Å². The molecule has 0 aromatic heterocycles. The van der Waals surface area contributed by atoms with E-state index in [2.05, 4.69) is 0 Å². The number of benzene rings is 2. The summed E-state index contributed by atoms with van der Waals surface area (Å²) < 4.78 is 26.5. The maximum atomic E-state index is 12.4. The van der Waals surface area contributed by atoms with Crippen molar-refractivity contribution in [3.8, 4) is 11.5 Å². The minimum absolute atomic E-state index is 0.0886. The van der Waals surface area contributed by atoms with Gasteiger partial charge in [-0.2, -0.15) is 0 Å². The van der Waals surface area contributed by atoms with Crippen molar-refractivity contribution < 1.29 is 33.3 Å². The lowest BCUT2D eigenvalue weighted by atomic mass is 10.1. The number of methoxy groups -OCH3 is 2. The summed E-state index contributed by atoms with van der Waals surface area (Å²) in [4.78, 5) is 24.6. The van der Waals surface area contributed by atoms with E-state index >= 15 is 0 Å². The fourth-order valence-corrected chi connectivity index (χ4v) is 3.15. The van der Waals surface area contributed by atoms with Gasteiger partial charge in [0, 0.05) is 6.42 Å². The molecule has 8 heteroatoms. The molecule has 2 aromatic rings. The molecule has 1 heterocycles. The predicted molar refractivity (Wildman–Crippen MR) is 105 cm³/mol. The number of esters is 2. The highest BCUT2D eigenvalue weighted by Gasteiger charge is 2.38. The third-order valence-electron chi connectivity index (χ3n) is 4.44. The molecule has 3 rings (SSSR count). The smallest absolute Gasteiger partial charge is 0.338 e. The van der Waals surface area contributed by atoms with E-state index in [1.165, 1.54) is 0 Å². The highest BCUT2D eigenvalue weighted by molar-refractivity contribution is 6.19. The van der Waals surface area contributed by atoms with Crippen molar-refractivity contribution >= 4 is 23.5 Å². The molecule has 1 saturated heterocycles. The van der Waals surface area contributed by atoms with Crippen molar-refractivity contribution in [1.29, 1.82) is 0 Å². The van der Waals surface area contributed by atoms with Gasteiger partial charge >= 0.3 is 11.9 Å².